The van der Waals surface area contributed by atoms with Crippen molar-refractivity contribution in [3.8, 4) is 0 Å². The van der Waals surface area contributed by atoms with Gasteiger partial charge in [-0.1, -0.05) is 32.9 Å². The van der Waals surface area contributed by atoms with Crippen LogP contribution < -0.4 is 10.6 Å². The number of urea groups is 1. The van der Waals surface area contributed by atoms with E-state index in [0.29, 0.717) is 17.1 Å². The van der Waals surface area contributed by atoms with Gasteiger partial charge in [0.2, 0.25) is 0 Å². The number of nitrogens with zero attached hydrogens (tertiary/aromatic N) is 2. The van der Waals surface area contributed by atoms with Crippen LogP contribution in [0.4, 0.5) is 16.3 Å². The molecule has 2 amide bonds. The maximum absolute atomic E-state index is 12.3. The normalized spacial score (nSPS) is 11.1. The lowest BCUT2D eigenvalue weighted by molar-refractivity contribution is 0.0527. The third-order valence-electron chi connectivity index (χ3n) is 3.56. The van der Waals surface area contributed by atoms with E-state index < -0.39 is 12.0 Å². The molecular weight excluding hydrogens is 320 g/mol. The van der Waals surface area contributed by atoms with Crippen molar-refractivity contribution < 1.29 is 14.3 Å². The largest absolute Gasteiger partial charge is 0.462 e. The van der Waals surface area contributed by atoms with E-state index in [1.54, 1.807) is 42.9 Å². The van der Waals surface area contributed by atoms with Gasteiger partial charge in [0.1, 0.15) is 5.82 Å². The Morgan fingerprint density at radius 3 is 2.48 bits per heavy atom. The molecule has 1 aromatic heterocycles. The minimum Gasteiger partial charge on any atom is -0.462 e. The average Bonchev–Trinajstić information content (AvgIpc) is 2.89. The number of hydrogen-bond donors (Lipinski definition) is 2. The maximum Gasteiger partial charge on any atom is 0.340 e. The predicted molar refractivity (Wildman–Crippen MR) is 96.9 cm³/mol. The highest BCUT2D eigenvalue weighted by atomic mass is 16.5. The lowest BCUT2D eigenvalue weighted by Gasteiger charge is -2.13. The molecule has 0 spiro atoms. The summed E-state index contributed by atoms with van der Waals surface area (Å²) in [5.41, 5.74) is 1.44. The molecule has 7 nitrogen and oxygen atoms in total. The van der Waals surface area contributed by atoms with Crippen molar-refractivity contribution in [1.29, 1.82) is 0 Å². The number of aromatic nitrogens is 2. The zero-order valence-electron chi connectivity index (χ0n) is 15.2. The van der Waals surface area contributed by atoms with E-state index in [9.17, 15) is 9.59 Å². The highest BCUT2D eigenvalue weighted by Gasteiger charge is 2.20. The second kappa shape index (κ2) is 7.38. The van der Waals surface area contributed by atoms with Gasteiger partial charge in [-0.25, -0.2) is 9.59 Å². The number of carbonyl (C=O) groups excluding carboxylic acids is 2. The first-order valence-corrected chi connectivity index (χ1v) is 8.11. The van der Waals surface area contributed by atoms with Crippen LogP contribution in [0.3, 0.4) is 0 Å². The van der Waals surface area contributed by atoms with Crippen molar-refractivity contribution in [2.45, 2.75) is 33.1 Å². The Balaban J connectivity index is 2.14. The number of aryl methyl sites for hydroxylation is 1. The number of ether oxygens (including phenoxy) is 1. The molecule has 25 heavy (non-hydrogen) atoms. The standard InChI is InChI=1S/C18H24N4O3/c1-6-25-16(23)12-9-7-8-10-13(12)19-17(24)20-15-11-14(18(2,3)4)21-22(15)5/h7-11H,6H2,1-5H3,(H2,19,20,24). The number of hydrogen-bond acceptors (Lipinski definition) is 4. The Bertz CT molecular complexity index is 775. The second-order valence-electron chi connectivity index (χ2n) is 6.63. The van der Waals surface area contributed by atoms with Crippen LogP contribution in [-0.2, 0) is 17.2 Å². The summed E-state index contributed by atoms with van der Waals surface area (Å²) in [4.78, 5) is 24.3. The quantitative estimate of drug-likeness (QED) is 0.831. The Kier molecular flexibility index (Phi) is 5.46. The van der Waals surface area contributed by atoms with Gasteiger partial charge in [-0.15, -0.1) is 0 Å². The Morgan fingerprint density at radius 2 is 1.88 bits per heavy atom. The van der Waals surface area contributed by atoms with Crippen LogP contribution in [0.2, 0.25) is 0 Å². The molecule has 0 bridgehead atoms. The molecule has 2 rings (SSSR count). The number of benzene rings is 1. The molecule has 2 N–H and O–H groups in total. The van der Waals surface area contributed by atoms with Gasteiger partial charge in [0.25, 0.3) is 0 Å². The first-order chi connectivity index (χ1) is 11.7. The van der Waals surface area contributed by atoms with Gasteiger partial charge in [0.05, 0.1) is 23.6 Å². The average molecular weight is 344 g/mol. The predicted octanol–water partition coefficient (Wildman–Crippen LogP) is 3.54. The van der Waals surface area contributed by atoms with E-state index in [2.05, 4.69) is 36.5 Å². The first-order valence-electron chi connectivity index (χ1n) is 8.11. The van der Waals surface area contributed by atoms with E-state index >= 15 is 0 Å². The topological polar surface area (TPSA) is 85.2 Å². The molecule has 0 fully saturated rings. The zero-order valence-corrected chi connectivity index (χ0v) is 15.2. The van der Waals surface area contributed by atoms with Gasteiger partial charge < -0.3 is 10.1 Å². The van der Waals surface area contributed by atoms with Gasteiger partial charge in [-0.2, -0.15) is 5.10 Å². The van der Waals surface area contributed by atoms with E-state index in [1.807, 2.05) is 6.07 Å². The number of para-hydroxylation sites is 1. The molecule has 2 aromatic rings. The second-order valence-corrected chi connectivity index (χ2v) is 6.63. The minimum absolute atomic E-state index is 0.120. The van der Waals surface area contributed by atoms with Crippen LogP contribution in [0.15, 0.2) is 30.3 Å². The molecule has 1 aromatic carbocycles. The van der Waals surface area contributed by atoms with E-state index in [0.717, 1.165) is 5.69 Å². The fourth-order valence-corrected chi connectivity index (χ4v) is 2.20. The maximum atomic E-state index is 12.3. The molecule has 0 saturated heterocycles. The van der Waals surface area contributed by atoms with Gasteiger partial charge in [0, 0.05) is 18.5 Å². The fraction of sp³-hybridized carbons (Fsp3) is 0.389. The molecular formula is C18H24N4O3. The van der Waals surface area contributed by atoms with Crippen molar-refractivity contribution in [1.82, 2.24) is 9.78 Å². The summed E-state index contributed by atoms with van der Waals surface area (Å²) < 4.78 is 6.61. The van der Waals surface area contributed by atoms with Crippen molar-refractivity contribution in [2.24, 2.45) is 7.05 Å². The van der Waals surface area contributed by atoms with Gasteiger partial charge in [-0.3, -0.25) is 10.00 Å². The van der Waals surface area contributed by atoms with Crippen molar-refractivity contribution in [3.05, 3.63) is 41.6 Å². The molecule has 7 heteroatoms. The van der Waals surface area contributed by atoms with Gasteiger partial charge in [0.15, 0.2) is 0 Å². The van der Waals surface area contributed by atoms with E-state index in [4.69, 9.17) is 4.74 Å². The molecule has 0 radical (unpaired) electrons. The van der Waals surface area contributed by atoms with Crippen LogP contribution >= 0.6 is 0 Å². The highest BCUT2D eigenvalue weighted by Crippen LogP contribution is 2.23. The van der Waals surface area contributed by atoms with Crippen molar-refractivity contribution in [3.63, 3.8) is 0 Å². The first kappa shape index (κ1) is 18.5. The molecule has 1 heterocycles. The summed E-state index contributed by atoms with van der Waals surface area (Å²) in [6.45, 7) is 8.15. The van der Waals surface area contributed by atoms with Gasteiger partial charge in [-0.05, 0) is 19.1 Å². The Labute approximate surface area is 147 Å². The number of nitrogens with one attached hydrogen (secondary N) is 2. The summed E-state index contributed by atoms with van der Waals surface area (Å²) in [5, 5.41) is 9.84. The van der Waals surface area contributed by atoms with Crippen LogP contribution in [-0.4, -0.2) is 28.4 Å². The van der Waals surface area contributed by atoms with Gasteiger partial charge >= 0.3 is 12.0 Å². The number of amides is 2. The molecule has 0 atom stereocenters. The molecule has 0 unspecified atom stereocenters. The highest BCUT2D eigenvalue weighted by molar-refractivity contribution is 6.04. The van der Waals surface area contributed by atoms with Crippen molar-refractivity contribution in [2.75, 3.05) is 17.2 Å². The lowest BCUT2D eigenvalue weighted by atomic mass is 9.92. The van der Waals surface area contributed by atoms with Crippen LogP contribution in [0.1, 0.15) is 43.7 Å². The van der Waals surface area contributed by atoms with Crippen LogP contribution in [0.5, 0.6) is 0 Å². The number of anilines is 2. The summed E-state index contributed by atoms with van der Waals surface area (Å²) in [6, 6.07) is 8.08. The minimum atomic E-state index is -0.478. The summed E-state index contributed by atoms with van der Waals surface area (Å²) in [6.07, 6.45) is 0. The van der Waals surface area contributed by atoms with Crippen LogP contribution in [0, 0.1) is 0 Å². The number of esters is 1. The monoisotopic (exact) mass is 344 g/mol. The van der Waals surface area contributed by atoms with Crippen LogP contribution in [0.25, 0.3) is 0 Å². The summed E-state index contributed by atoms with van der Waals surface area (Å²) >= 11 is 0. The third-order valence-corrected chi connectivity index (χ3v) is 3.56. The number of rotatable bonds is 4. The van der Waals surface area contributed by atoms with E-state index in [-0.39, 0.29) is 12.0 Å². The summed E-state index contributed by atoms with van der Waals surface area (Å²) in [5.74, 6) is 0.0880. The number of carbonyl (C=O) groups is 2. The fourth-order valence-electron chi connectivity index (χ4n) is 2.20. The molecule has 0 aliphatic carbocycles. The Hall–Kier alpha value is -2.83. The van der Waals surface area contributed by atoms with E-state index in [1.165, 1.54) is 0 Å². The molecule has 0 aliphatic heterocycles. The molecule has 0 aliphatic rings. The Morgan fingerprint density at radius 1 is 1.20 bits per heavy atom. The zero-order chi connectivity index (χ0) is 18.6. The smallest absolute Gasteiger partial charge is 0.340 e. The SMILES string of the molecule is CCOC(=O)c1ccccc1NC(=O)Nc1cc(C(C)(C)C)nn1C. The molecule has 134 valence electrons. The third kappa shape index (κ3) is 4.59. The summed E-state index contributed by atoms with van der Waals surface area (Å²) in [7, 11) is 1.76. The molecule has 0 saturated carbocycles. The van der Waals surface area contributed by atoms with Crippen molar-refractivity contribution >= 4 is 23.5 Å². The lowest BCUT2D eigenvalue weighted by Crippen LogP contribution is -2.22.